The first-order valence-electron chi connectivity index (χ1n) is 5.05. The minimum absolute atomic E-state index is 0.00303. The number of amides is 1. The van der Waals surface area contributed by atoms with Crippen LogP contribution in [0.1, 0.15) is 10.5 Å². The maximum atomic E-state index is 13.4. The molecule has 1 heterocycles. The number of nitrogen functional groups attached to an aromatic ring is 1. The van der Waals surface area contributed by atoms with E-state index in [1.807, 2.05) is 0 Å². The molecule has 2 aromatic rings. The number of benzene rings is 1. The number of carbonyl (C=O) groups excluding carboxylic acids is 1. The Kier molecular flexibility index (Phi) is 3.43. The van der Waals surface area contributed by atoms with Crippen LogP contribution in [-0.4, -0.2) is 10.9 Å². The Labute approximate surface area is 108 Å². The van der Waals surface area contributed by atoms with Crippen LogP contribution >= 0.6 is 11.6 Å². The van der Waals surface area contributed by atoms with Crippen LogP contribution in [0.5, 0.6) is 0 Å². The van der Waals surface area contributed by atoms with Gasteiger partial charge in [0.15, 0.2) is 0 Å². The molecule has 1 aromatic carbocycles. The van der Waals surface area contributed by atoms with Gasteiger partial charge in [0.25, 0.3) is 5.91 Å². The van der Waals surface area contributed by atoms with Gasteiger partial charge in [-0.1, -0.05) is 17.7 Å². The highest BCUT2D eigenvalue weighted by Crippen LogP contribution is 2.20. The number of nitrogens with zero attached hydrogens (tertiary/aromatic N) is 1. The van der Waals surface area contributed by atoms with E-state index in [9.17, 15) is 9.18 Å². The third kappa shape index (κ3) is 2.75. The molecule has 0 aliphatic carbocycles. The smallest absolute Gasteiger partial charge is 0.274 e. The monoisotopic (exact) mass is 265 g/mol. The van der Waals surface area contributed by atoms with Gasteiger partial charge >= 0.3 is 0 Å². The van der Waals surface area contributed by atoms with Crippen molar-refractivity contribution in [2.75, 3.05) is 11.1 Å². The summed E-state index contributed by atoms with van der Waals surface area (Å²) in [7, 11) is 0. The Morgan fingerprint density at radius 3 is 2.83 bits per heavy atom. The molecule has 0 saturated carbocycles. The van der Waals surface area contributed by atoms with Gasteiger partial charge in [0, 0.05) is 5.02 Å². The van der Waals surface area contributed by atoms with Crippen LogP contribution in [0, 0.1) is 5.82 Å². The van der Waals surface area contributed by atoms with Gasteiger partial charge in [-0.2, -0.15) is 0 Å². The Morgan fingerprint density at radius 1 is 1.33 bits per heavy atom. The first-order chi connectivity index (χ1) is 8.56. The summed E-state index contributed by atoms with van der Waals surface area (Å²) in [4.78, 5) is 15.6. The van der Waals surface area contributed by atoms with Gasteiger partial charge in [0.1, 0.15) is 17.3 Å². The molecule has 0 aliphatic rings. The number of rotatable bonds is 2. The van der Waals surface area contributed by atoms with Crippen molar-refractivity contribution in [1.82, 2.24) is 4.98 Å². The van der Waals surface area contributed by atoms with E-state index < -0.39 is 11.7 Å². The summed E-state index contributed by atoms with van der Waals surface area (Å²) in [6.07, 6.45) is 0. The third-order valence-corrected chi connectivity index (χ3v) is 2.41. The fourth-order valence-electron chi connectivity index (χ4n) is 1.36. The van der Waals surface area contributed by atoms with E-state index >= 15 is 0 Å². The van der Waals surface area contributed by atoms with E-state index in [1.165, 1.54) is 24.3 Å². The van der Waals surface area contributed by atoms with Crippen LogP contribution < -0.4 is 11.1 Å². The highest BCUT2D eigenvalue weighted by molar-refractivity contribution is 6.31. The number of halogens is 2. The molecule has 0 bridgehead atoms. The van der Waals surface area contributed by atoms with E-state index in [-0.39, 0.29) is 17.2 Å². The zero-order valence-corrected chi connectivity index (χ0v) is 9.91. The second kappa shape index (κ2) is 5.01. The van der Waals surface area contributed by atoms with Gasteiger partial charge in [-0.25, -0.2) is 9.37 Å². The average Bonchev–Trinajstić information content (AvgIpc) is 2.34. The normalized spacial score (nSPS) is 10.1. The number of pyridine rings is 1. The van der Waals surface area contributed by atoms with Crippen molar-refractivity contribution >= 4 is 29.0 Å². The van der Waals surface area contributed by atoms with E-state index in [4.69, 9.17) is 17.3 Å². The highest BCUT2D eigenvalue weighted by atomic mass is 35.5. The van der Waals surface area contributed by atoms with Gasteiger partial charge in [0.2, 0.25) is 0 Å². The molecule has 92 valence electrons. The topological polar surface area (TPSA) is 68.0 Å². The van der Waals surface area contributed by atoms with Crippen molar-refractivity contribution in [1.29, 1.82) is 0 Å². The highest BCUT2D eigenvalue weighted by Gasteiger charge is 2.11. The number of aromatic nitrogens is 1. The van der Waals surface area contributed by atoms with Gasteiger partial charge < -0.3 is 11.1 Å². The molecule has 18 heavy (non-hydrogen) atoms. The van der Waals surface area contributed by atoms with Gasteiger partial charge in [-0.15, -0.1) is 0 Å². The molecule has 0 atom stereocenters. The Balaban J connectivity index is 2.24. The minimum atomic E-state index is -0.573. The summed E-state index contributed by atoms with van der Waals surface area (Å²) in [6, 6.07) is 8.51. The molecule has 1 aromatic heterocycles. The molecule has 0 unspecified atom stereocenters. The lowest BCUT2D eigenvalue weighted by molar-refractivity contribution is 0.102. The third-order valence-electron chi connectivity index (χ3n) is 2.18. The second-order valence-electron chi connectivity index (χ2n) is 3.53. The first kappa shape index (κ1) is 12.3. The SMILES string of the molecule is Nc1cccc(C(=O)Nc2cc(Cl)ccc2F)n1. The van der Waals surface area contributed by atoms with Crippen molar-refractivity contribution in [2.24, 2.45) is 0 Å². The molecule has 0 radical (unpaired) electrons. The van der Waals surface area contributed by atoms with Gasteiger partial charge in [-0.3, -0.25) is 4.79 Å². The number of hydrogen-bond donors (Lipinski definition) is 2. The molecule has 0 fully saturated rings. The first-order valence-corrected chi connectivity index (χ1v) is 5.43. The van der Waals surface area contributed by atoms with Crippen LogP contribution in [0.2, 0.25) is 5.02 Å². The largest absolute Gasteiger partial charge is 0.384 e. The molecule has 2 rings (SSSR count). The quantitative estimate of drug-likeness (QED) is 0.877. The van der Waals surface area contributed by atoms with Crippen molar-refractivity contribution in [2.45, 2.75) is 0 Å². The lowest BCUT2D eigenvalue weighted by Crippen LogP contribution is -2.15. The lowest BCUT2D eigenvalue weighted by Gasteiger charge is -2.06. The zero-order chi connectivity index (χ0) is 13.1. The standard InChI is InChI=1S/C12H9ClFN3O/c13-7-4-5-8(14)10(6-7)17-12(18)9-2-1-3-11(15)16-9/h1-6H,(H2,15,16)(H,17,18). The molecule has 6 heteroatoms. The Bertz CT molecular complexity index is 604. The van der Waals surface area contributed by atoms with E-state index in [0.717, 1.165) is 0 Å². The molecular weight excluding hydrogens is 257 g/mol. The summed E-state index contributed by atoms with van der Waals surface area (Å²) in [6.45, 7) is 0. The average molecular weight is 266 g/mol. The van der Waals surface area contributed by atoms with Gasteiger partial charge in [0.05, 0.1) is 5.69 Å². The summed E-state index contributed by atoms with van der Waals surface area (Å²) < 4.78 is 13.4. The molecule has 0 spiro atoms. The van der Waals surface area contributed by atoms with Gasteiger partial charge in [-0.05, 0) is 30.3 Å². The molecule has 0 saturated heterocycles. The molecule has 4 nitrogen and oxygen atoms in total. The number of carbonyl (C=O) groups is 1. The van der Waals surface area contributed by atoms with Crippen molar-refractivity contribution in [3.8, 4) is 0 Å². The number of hydrogen-bond acceptors (Lipinski definition) is 3. The number of nitrogens with one attached hydrogen (secondary N) is 1. The Morgan fingerprint density at radius 2 is 2.11 bits per heavy atom. The zero-order valence-electron chi connectivity index (χ0n) is 9.15. The lowest BCUT2D eigenvalue weighted by atomic mass is 10.2. The summed E-state index contributed by atoms with van der Waals surface area (Å²) in [5.41, 5.74) is 5.56. The molecule has 3 N–H and O–H groups in total. The maximum absolute atomic E-state index is 13.4. The summed E-state index contributed by atoms with van der Waals surface area (Å²) in [5, 5.41) is 2.70. The van der Waals surface area contributed by atoms with E-state index in [1.54, 1.807) is 12.1 Å². The maximum Gasteiger partial charge on any atom is 0.274 e. The van der Waals surface area contributed by atoms with Crippen LogP contribution in [0.15, 0.2) is 36.4 Å². The fraction of sp³-hybridized carbons (Fsp3) is 0. The summed E-state index contributed by atoms with van der Waals surface area (Å²) >= 11 is 5.72. The second-order valence-corrected chi connectivity index (χ2v) is 3.96. The molecule has 1 amide bonds. The van der Waals surface area contributed by atoms with Crippen molar-refractivity contribution < 1.29 is 9.18 Å². The van der Waals surface area contributed by atoms with Crippen LogP contribution in [0.4, 0.5) is 15.9 Å². The van der Waals surface area contributed by atoms with Crippen molar-refractivity contribution in [3.05, 3.63) is 52.9 Å². The predicted molar refractivity (Wildman–Crippen MR) is 68.0 cm³/mol. The number of anilines is 2. The molecule has 0 aliphatic heterocycles. The van der Waals surface area contributed by atoms with Crippen LogP contribution in [0.25, 0.3) is 0 Å². The fourth-order valence-corrected chi connectivity index (χ4v) is 1.53. The molecular formula is C12H9ClFN3O. The Hall–Kier alpha value is -2.14. The summed E-state index contributed by atoms with van der Waals surface area (Å²) in [5.74, 6) is -0.908. The van der Waals surface area contributed by atoms with Crippen LogP contribution in [-0.2, 0) is 0 Å². The van der Waals surface area contributed by atoms with Crippen LogP contribution in [0.3, 0.4) is 0 Å². The predicted octanol–water partition coefficient (Wildman–Crippen LogP) is 2.71. The minimum Gasteiger partial charge on any atom is -0.384 e. The number of nitrogens with two attached hydrogens (primary N) is 1. The van der Waals surface area contributed by atoms with Crippen molar-refractivity contribution in [3.63, 3.8) is 0 Å². The van der Waals surface area contributed by atoms with E-state index in [2.05, 4.69) is 10.3 Å². The van der Waals surface area contributed by atoms with E-state index in [0.29, 0.717) is 5.02 Å².